The van der Waals surface area contributed by atoms with E-state index < -0.39 is 0 Å². The van der Waals surface area contributed by atoms with Crippen molar-refractivity contribution in [1.82, 2.24) is 4.57 Å². The summed E-state index contributed by atoms with van der Waals surface area (Å²) in [5.41, 5.74) is 20.2. The smallest absolute Gasteiger partial charge is 0.0541 e. The standard InChI is InChI=1S/C80H51N/c1-3-19-54(20-4-1)73-47-60(58-33-31-52-17-7-9-23-56(52)45-58)35-39-66(73)63-37-42-79-76(50-63)77-51-64(67-40-36-61(48-74(67)55-21-5-2-6-22-55)59-34-32-53-18-8-10-24-57(53)46-59)38-43-80(77)81(79)78-44-41-71(69-28-15-16-30-72(69)78)75-49-62-25-11-12-26-65(62)68-27-13-14-29-70(68)75/h1-51H. The van der Waals surface area contributed by atoms with Gasteiger partial charge in [-0.05, 0) is 187 Å². The monoisotopic (exact) mass is 1030 g/mol. The fourth-order valence-electron chi connectivity index (χ4n) is 13.0. The number of nitrogens with zero attached hydrogens (tertiary/aromatic N) is 1. The van der Waals surface area contributed by atoms with E-state index >= 15 is 0 Å². The molecule has 0 aliphatic heterocycles. The van der Waals surface area contributed by atoms with Crippen molar-refractivity contribution in [3.8, 4) is 83.6 Å². The first-order chi connectivity index (χ1) is 40.1. The number of aromatic nitrogens is 1. The minimum atomic E-state index is 1.15. The molecular weight excluding hydrogens is 975 g/mol. The molecule has 0 aliphatic carbocycles. The molecule has 0 saturated carbocycles. The molecule has 1 aromatic heterocycles. The van der Waals surface area contributed by atoms with Crippen LogP contribution in [0.25, 0.3) is 159 Å². The molecule has 81 heavy (non-hydrogen) atoms. The first-order valence-electron chi connectivity index (χ1n) is 28.0. The summed E-state index contributed by atoms with van der Waals surface area (Å²) in [4.78, 5) is 0. The second-order valence-corrected chi connectivity index (χ2v) is 21.5. The molecule has 1 heterocycles. The highest BCUT2D eigenvalue weighted by Gasteiger charge is 2.21. The zero-order chi connectivity index (χ0) is 53.4. The molecule has 376 valence electrons. The summed E-state index contributed by atoms with van der Waals surface area (Å²) in [7, 11) is 0. The van der Waals surface area contributed by atoms with Gasteiger partial charge in [0.05, 0.1) is 16.7 Å². The van der Waals surface area contributed by atoms with Gasteiger partial charge in [-0.1, -0.05) is 249 Å². The number of rotatable bonds is 8. The van der Waals surface area contributed by atoms with Crippen LogP contribution in [0, 0.1) is 0 Å². The minimum absolute atomic E-state index is 1.15. The largest absolute Gasteiger partial charge is 0.309 e. The topological polar surface area (TPSA) is 4.93 Å². The number of benzene rings is 15. The number of hydrogen-bond acceptors (Lipinski definition) is 0. The van der Waals surface area contributed by atoms with E-state index in [0.717, 1.165) is 16.7 Å². The third-order valence-corrected chi connectivity index (χ3v) is 17.0. The summed E-state index contributed by atoms with van der Waals surface area (Å²) in [6, 6.07) is 115. The van der Waals surface area contributed by atoms with Crippen molar-refractivity contribution < 1.29 is 0 Å². The van der Waals surface area contributed by atoms with Gasteiger partial charge in [-0.25, -0.2) is 0 Å². The normalized spacial score (nSPS) is 11.7. The predicted molar refractivity (Wildman–Crippen MR) is 346 cm³/mol. The van der Waals surface area contributed by atoms with Crippen LogP contribution in [-0.4, -0.2) is 4.57 Å². The maximum atomic E-state index is 2.52. The van der Waals surface area contributed by atoms with Crippen molar-refractivity contribution >= 4 is 75.7 Å². The highest BCUT2D eigenvalue weighted by molar-refractivity contribution is 6.18. The molecule has 0 aliphatic rings. The van der Waals surface area contributed by atoms with E-state index in [9.17, 15) is 0 Å². The Labute approximate surface area is 470 Å². The Hall–Kier alpha value is -10.6. The second kappa shape index (κ2) is 19.1. The molecule has 0 unspecified atom stereocenters. The lowest BCUT2D eigenvalue weighted by Gasteiger charge is -2.17. The van der Waals surface area contributed by atoms with Gasteiger partial charge in [-0.15, -0.1) is 0 Å². The van der Waals surface area contributed by atoms with Gasteiger partial charge in [0.2, 0.25) is 0 Å². The number of hydrogen-bond donors (Lipinski definition) is 0. The summed E-state index contributed by atoms with van der Waals surface area (Å²) in [5, 5.41) is 14.8. The van der Waals surface area contributed by atoms with Gasteiger partial charge in [-0.2, -0.15) is 0 Å². The molecule has 1 nitrogen and oxygen atoms in total. The molecule has 0 amide bonds. The van der Waals surface area contributed by atoms with Gasteiger partial charge in [0.15, 0.2) is 0 Å². The fourth-order valence-corrected chi connectivity index (χ4v) is 13.0. The van der Waals surface area contributed by atoms with Gasteiger partial charge in [-0.3, -0.25) is 0 Å². The van der Waals surface area contributed by atoms with Crippen LogP contribution < -0.4 is 0 Å². The van der Waals surface area contributed by atoms with E-state index in [-0.39, 0.29) is 0 Å². The molecule has 0 atom stereocenters. The van der Waals surface area contributed by atoms with Gasteiger partial charge < -0.3 is 4.57 Å². The fraction of sp³-hybridized carbons (Fsp3) is 0. The lowest BCUT2D eigenvalue weighted by molar-refractivity contribution is 1.20. The Morgan fingerprint density at radius 1 is 0.160 bits per heavy atom. The Morgan fingerprint density at radius 3 is 1.10 bits per heavy atom. The number of fused-ring (bicyclic) bond motifs is 9. The Balaban J connectivity index is 0.922. The van der Waals surface area contributed by atoms with Gasteiger partial charge >= 0.3 is 0 Å². The Kier molecular flexibility index (Phi) is 11.0. The zero-order valence-corrected chi connectivity index (χ0v) is 44.4. The Morgan fingerprint density at radius 2 is 0.556 bits per heavy atom. The van der Waals surface area contributed by atoms with E-state index in [4.69, 9.17) is 0 Å². The Bertz CT molecular complexity index is 4940. The van der Waals surface area contributed by atoms with E-state index in [0.29, 0.717) is 0 Å². The zero-order valence-electron chi connectivity index (χ0n) is 44.4. The first-order valence-corrected chi connectivity index (χ1v) is 28.0. The summed E-state index contributed by atoms with van der Waals surface area (Å²) >= 11 is 0. The van der Waals surface area contributed by atoms with Crippen molar-refractivity contribution in [3.05, 3.63) is 309 Å². The summed E-state index contributed by atoms with van der Waals surface area (Å²) in [5.74, 6) is 0. The van der Waals surface area contributed by atoms with E-state index in [1.807, 2.05) is 0 Å². The van der Waals surface area contributed by atoms with Gasteiger partial charge in [0.1, 0.15) is 0 Å². The SMILES string of the molecule is c1ccc(-c2cc(-c3ccc4ccccc4c3)ccc2-c2ccc3c(c2)c2cc(-c4ccc(-c5ccc6ccccc6c5)cc4-c4ccccc4)ccc2n3-c2ccc(-c3cc4ccccc4c4ccccc34)c3ccccc23)cc1. The van der Waals surface area contributed by atoms with Crippen LogP contribution in [0.3, 0.4) is 0 Å². The minimum Gasteiger partial charge on any atom is -0.309 e. The molecular formula is C80H51N. The molecule has 15 aromatic carbocycles. The van der Waals surface area contributed by atoms with Gasteiger partial charge in [0.25, 0.3) is 0 Å². The molecule has 16 rings (SSSR count). The van der Waals surface area contributed by atoms with Crippen molar-refractivity contribution in [2.45, 2.75) is 0 Å². The van der Waals surface area contributed by atoms with Crippen LogP contribution in [0.5, 0.6) is 0 Å². The predicted octanol–water partition coefficient (Wildman–Crippen LogP) is 22.2. The molecule has 0 N–H and O–H groups in total. The maximum Gasteiger partial charge on any atom is 0.0541 e. The highest BCUT2D eigenvalue weighted by atomic mass is 15.0. The third kappa shape index (κ3) is 7.93. The average Bonchev–Trinajstić information content (AvgIpc) is 4.08. The average molecular weight is 1030 g/mol. The third-order valence-electron chi connectivity index (χ3n) is 17.0. The van der Waals surface area contributed by atoms with Crippen LogP contribution in [0.2, 0.25) is 0 Å². The molecule has 0 fully saturated rings. The molecule has 0 radical (unpaired) electrons. The van der Waals surface area contributed by atoms with Crippen molar-refractivity contribution in [2.75, 3.05) is 0 Å². The molecule has 0 saturated heterocycles. The van der Waals surface area contributed by atoms with E-state index in [1.54, 1.807) is 0 Å². The first kappa shape index (κ1) is 46.5. The quantitative estimate of drug-likeness (QED) is 0.134. The van der Waals surface area contributed by atoms with Crippen LogP contribution in [0.4, 0.5) is 0 Å². The maximum absolute atomic E-state index is 2.52. The van der Waals surface area contributed by atoms with Crippen LogP contribution in [0.15, 0.2) is 309 Å². The lowest BCUT2D eigenvalue weighted by atomic mass is 9.89. The van der Waals surface area contributed by atoms with Crippen LogP contribution in [-0.2, 0) is 0 Å². The molecule has 1 heteroatoms. The molecule has 16 aromatic rings. The van der Waals surface area contributed by atoms with E-state index in [2.05, 4.69) is 314 Å². The lowest BCUT2D eigenvalue weighted by Crippen LogP contribution is -1.97. The summed E-state index contributed by atoms with van der Waals surface area (Å²) in [6.45, 7) is 0. The van der Waals surface area contributed by atoms with Crippen molar-refractivity contribution in [3.63, 3.8) is 0 Å². The summed E-state index contributed by atoms with van der Waals surface area (Å²) < 4.78 is 2.52. The van der Waals surface area contributed by atoms with Crippen molar-refractivity contribution in [1.29, 1.82) is 0 Å². The summed E-state index contributed by atoms with van der Waals surface area (Å²) in [6.07, 6.45) is 0. The van der Waals surface area contributed by atoms with Gasteiger partial charge in [0, 0.05) is 16.2 Å². The second-order valence-electron chi connectivity index (χ2n) is 21.5. The molecule has 0 bridgehead atoms. The van der Waals surface area contributed by atoms with Crippen LogP contribution >= 0.6 is 0 Å². The van der Waals surface area contributed by atoms with E-state index in [1.165, 1.54) is 143 Å². The molecule has 0 spiro atoms. The van der Waals surface area contributed by atoms with Crippen LogP contribution in [0.1, 0.15) is 0 Å². The highest BCUT2D eigenvalue weighted by Crippen LogP contribution is 2.46. The van der Waals surface area contributed by atoms with Crippen molar-refractivity contribution in [2.24, 2.45) is 0 Å².